The average molecular weight is 254 g/mol. The van der Waals surface area contributed by atoms with Crippen molar-refractivity contribution in [3.05, 3.63) is 10.6 Å². The van der Waals surface area contributed by atoms with Gasteiger partial charge in [0.05, 0.1) is 5.69 Å². The second-order valence-electron chi connectivity index (χ2n) is 4.26. The van der Waals surface area contributed by atoms with E-state index in [0.717, 1.165) is 38.2 Å². The Morgan fingerprint density at radius 2 is 2.24 bits per heavy atom. The largest absolute Gasteiger partial charge is 0.335 e. The van der Waals surface area contributed by atoms with E-state index in [1.807, 2.05) is 18.7 Å². The van der Waals surface area contributed by atoms with Gasteiger partial charge < -0.3 is 10.2 Å². The Bertz CT molecular complexity index is 387. The lowest BCUT2D eigenvalue weighted by Gasteiger charge is -2.33. The van der Waals surface area contributed by atoms with Crippen LogP contribution >= 0.6 is 11.5 Å². The van der Waals surface area contributed by atoms with Crippen molar-refractivity contribution in [3.63, 3.8) is 0 Å². The van der Waals surface area contributed by atoms with Gasteiger partial charge in [0.2, 0.25) is 0 Å². The molecule has 0 aromatic carbocycles. The quantitative estimate of drug-likeness (QED) is 0.876. The first-order valence-corrected chi connectivity index (χ1v) is 6.82. The first-order chi connectivity index (χ1) is 8.24. The molecule has 1 aliphatic rings. The molecule has 0 spiro atoms. The maximum absolute atomic E-state index is 12.4. The summed E-state index contributed by atoms with van der Waals surface area (Å²) in [4.78, 5) is 15.0. The van der Waals surface area contributed by atoms with E-state index in [-0.39, 0.29) is 5.91 Å². The van der Waals surface area contributed by atoms with Crippen molar-refractivity contribution >= 4 is 17.4 Å². The number of carbonyl (C=O) groups excluding carboxylic acids is 1. The van der Waals surface area contributed by atoms with Crippen LogP contribution in [0.4, 0.5) is 0 Å². The van der Waals surface area contributed by atoms with Crippen molar-refractivity contribution < 1.29 is 4.79 Å². The Balaban J connectivity index is 2.12. The molecule has 1 fully saturated rings. The summed E-state index contributed by atoms with van der Waals surface area (Å²) in [5.41, 5.74) is 0.743. The van der Waals surface area contributed by atoms with Gasteiger partial charge in [-0.3, -0.25) is 4.79 Å². The fourth-order valence-electron chi connectivity index (χ4n) is 2.24. The summed E-state index contributed by atoms with van der Waals surface area (Å²) >= 11 is 1.20. The first kappa shape index (κ1) is 12.4. The molecule has 0 aliphatic carbocycles. The van der Waals surface area contributed by atoms with Crippen LogP contribution in [-0.2, 0) is 0 Å². The van der Waals surface area contributed by atoms with Gasteiger partial charge in [0, 0.05) is 12.6 Å². The number of piperidine rings is 1. The van der Waals surface area contributed by atoms with Gasteiger partial charge in [-0.25, -0.2) is 0 Å². The fourth-order valence-corrected chi connectivity index (χ4v) is 2.86. The van der Waals surface area contributed by atoms with E-state index in [1.165, 1.54) is 11.5 Å². The van der Waals surface area contributed by atoms with Gasteiger partial charge in [0.1, 0.15) is 4.88 Å². The molecule has 0 unspecified atom stereocenters. The van der Waals surface area contributed by atoms with E-state index < -0.39 is 0 Å². The lowest BCUT2D eigenvalue weighted by Crippen LogP contribution is -2.46. The van der Waals surface area contributed by atoms with Crippen LogP contribution in [0.3, 0.4) is 0 Å². The second-order valence-corrected chi connectivity index (χ2v) is 5.01. The third-order valence-electron chi connectivity index (χ3n) is 3.20. The molecule has 1 aromatic rings. The summed E-state index contributed by atoms with van der Waals surface area (Å²) < 4.78 is 3.84. The molecular weight excluding hydrogens is 236 g/mol. The number of nitrogens with zero attached hydrogens (tertiary/aromatic N) is 3. The van der Waals surface area contributed by atoms with Gasteiger partial charge >= 0.3 is 0 Å². The zero-order valence-electron chi connectivity index (χ0n) is 10.3. The molecule has 5 nitrogen and oxygen atoms in total. The number of carbonyl (C=O) groups is 1. The Kier molecular flexibility index (Phi) is 4.06. The summed E-state index contributed by atoms with van der Waals surface area (Å²) in [6, 6.07) is 0.357. The van der Waals surface area contributed by atoms with Crippen LogP contribution in [0, 0.1) is 6.92 Å². The number of aromatic nitrogens is 2. The van der Waals surface area contributed by atoms with E-state index in [9.17, 15) is 4.79 Å². The van der Waals surface area contributed by atoms with Crippen molar-refractivity contribution in [2.75, 3.05) is 19.6 Å². The predicted octanol–water partition coefficient (Wildman–Crippen LogP) is 1.06. The van der Waals surface area contributed by atoms with Crippen LogP contribution in [0.5, 0.6) is 0 Å². The van der Waals surface area contributed by atoms with E-state index in [1.54, 1.807) is 0 Å². The van der Waals surface area contributed by atoms with Crippen LogP contribution in [0.25, 0.3) is 0 Å². The SMILES string of the molecule is CCN(C(=O)c1snnc1C)C1CCNCC1. The minimum Gasteiger partial charge on any atom is -0.335 e. The van der Waals surface area contributed by atoms with Gasteiger partial charge in [-0.05, 0) is 51.3 Å². The van der Waals surface area contributed by atoms with E-state index in [0.29, 0.717) is 10.9 Å². The number of hydrogen-bond donors (Lipinski definition) is 1. The molecule has 6 heteroatoms. The van der Waals surface area contributed by atoms with Crippen molar-refractivity contribution in [1.82, 2.24) is 19.8 Å². The topological polar surface area (TPSA) is 58.1 Å². The van der Waals surface area contributed by atoms with Crippen molar-refractivity contribution in [2.24, 2.45) is 0 Å². The molecule has 0 atom stereocenters. The first-order valence-electron chi connectivity index (χ1n) is 6.04. The molecule has 94 valence electrons. The molecule has 0 bridgehead atoms. The summed E-state index contributed by atoms with van der Waals surface area (Å²) in [6.07, 6.45) is 2.07. The number of hydrogen-bond acceptors (Lipinski definition) is 5. The number of aryl methyl sites for hydroxylation is 1. The van der Waals surface area contributed by atoms with Crippen molar-refractivity contribution in [2.45, 2.75) is 32.7 Å². The summed E-state index contributed by atoms with van der Waals surface area (Å²) in [5, 5.41) is 7.23. The van der Waals surface area contributed by atoms with Crippen LogP contribution in [-0.4, -0.2) is 46.1 Å². The minimum atomic E-state index is 0.0897. The molecule has 0 saturated carbocycles. The van der Waals surface area contributed by atoms with E-state index >= 15 is 0 Å². The molecule has 1 amide bonds. The smallest absolute Gasteiger partial charge is 0.267 e. The van der Waals surface area contributed by atoms with Crippen molar-refractivity contribution in [1.29, 1.82) is 0 Å². The molecule has 17 heavy (non-hydrogen) atoms. The molecular formula is C11H18N4OS. The molecule has 2 rings (SSSR count). The molecule has 0 radical (unpaired) electrons. The molecule has 1 N–H and O–H groups in total. The van der Waals surface area contributed by atoms with Gasteiger partial charge in [-0.2, -0.15) is 0 Å². The van der Waals surface area contributed by atoms with E-state index in [4.69, 9.17) is 0 Å². The maximum atomic E-state index is 12.4. The van der Waals surface area contributed by atoms with Gasteiger partial charge in [-0.15, -0.1) is 5.10 Å². The fraction of sp³-hybridized carbons (Fsp3) is 0.727. The Hall–Kier alpha value is -1.01. The molecule has 1 aliphatic heterocycles. The molecule has 1 aromatic heterocycles. The van der Waals surface area contributed by atoms with Gasteiger partial charge in [0.15, 0.2) is 0 Å². The van der Waals surface area contributed by atoms with Crippen molar-refractivity contribution in [3.8, 4) is 0 Å². The van der Waals surface area contributed by atoms with Crippen LogP contribution < -0.4 is 5.32 Å². The highest BCUT2D eigenvalue weighted by molar-refractivity contribution is 7.07. The van der Waals surface area contributed by atoms with Crippen LogP contribution in [0.1, 0.15) is 35.1 Å². The minimum absolute atomic E-state index is 0.0897. The van der Waals surface area contributed by atoms with Gasteiger partial charge in [0.25, 0.3) is 5.91 Å². The second kappa shape index (κ2) is 5.55. The summed E-state index contributed by atoms with van der Waals surface area (Å²) in [5.74, 6) is 0.0897. The average Bonchev–Trinajstić information content (AvgIpc) is 2.77. The van der Waals surface area contributed by atoms with E-state index in [2.05, 4.69) is 14.9 Å². The number of nitrogens with one attached hydrogen (secondary N) is 1. The Morgan fingerprint density at radius 1 is 1.53 bits per heavy atom. The molecule has 1 saturated heterocycles. The Labute approximate surface area is 105 Å². The molecule has 2 heterocycles. The standard InChI is InChI=1S/C11H18N4OS/c1-3-15(9-4-6-12-7-5-9)11(16)10-8(2)13-14-17-10/h9,12H,3-7H2,1-2H3. The zero-order chi connectivity index (χ0) is 12.3. The highest BCUT2D eigenvalue weighted by atomic mass is 32.1. The third-order valence-corrected chi connectivity index (χ3v) is 4.01. The highest BCUT2D eigenvalue weighted by Gasteiger charge is 2.27. The Morgan fingerprint density at radius 3 is 2.76 bits per heavy atom. The van der Waals surface area contributed by atoms with Gasteiger partial charge in [-0.1, -0.05) is 4.49 Å². The zero-order valence-corrected chi connectivity index (χ0v) is 11.1. The normalized spacial score (nSPS) is 17.1. The van der Waals surface area contributed by atoms with Crippen LogP contribution in [0.2, 0.25) is 0 Å². The third kappa shape index (κ3) is 2.63. The lowest BCUT2D eigenvalue weighted by molar-refractivity contribution is 0.0660. The monoisotopic (exact) mass is 254 g/mol. The maximum Gasteiger partial charge on any atom is 0.267 e. The summed E-state index contributed by atoms with van der Waals surface area (Å²) in [7, 11) is 0. The predicted molar refractivity (Wildman–Crippen MR) is 67.2 cm³/mol. The lowest BCUT2D eigenvalue weighted by atomic mass is 10.0. The highest BCUT2D eigenvalue weighted by Crippen LogP contribution is 2.18. The number of rotatable bonds is 3. The summed E-state index contributed by atoms with van der Waals surface area (Å²) in [6.45, 7) is 6.61. The number of amides is 1. The van der Waals surface area contributed by atoms with Crippen LogP contribution in [0.15, 0.2) is 0 Å².